The SMILES string of the molecule is CCCCC1CCC(C(NCC)c2cnccn2)CC1. The van der Waals surface area contributed by atoms with Crippen molar-refractivity contribution in [3.63, 3.8) is 0 Å². The van der Waals surface area contributed by atoms with Crippen molar-refractivity contribution in [2.24, 2.45) is 11.8 Å². The molecule has 0 amide bonds. The molecule has 20 heavy (non-hydrogen) atoms. The van der Waals surface area contributed by atoms with Crippen molar-refractivity contribution in [3.05, 3.63) is 24.3 Å². The summed E-state index contributed by atoms with van der Waals surface area (Å²) in [5.74, 6) is 1.69. The van der Waals surface area contributed by atoms with Gasteiger partial charge in [0, 0.05) is 18.6 Å². The molecule has 3 nitrogen and oxygen atoms in total. The molecule has 3 heteroatoms. The molecule has 0 spiro atoms. The molecule has 1 aromatic heterocycles. The Morgan fingerprint density at radius 3 is 2.60 bits per heavy atom. The van der Waals surface area contributed by atoms with E-state index in [-0.39, 0.29) is 0 Å². The molecular formula is C17H29N3. The third-order valence-corrected chi connectivity index (χ3v) is 4.65. The van der Waals surface area contributed by atoms with Gasteiger partial charge in [0.05, 0.1) is 11.7 Å². The summed E-state index contributed by atoms with van der Waals surface area (Å²) in [6.07, 6.45) is 15.1. The molecule has 0 aromatic carbocycles. The van der Waals surface area contributed by atoms with Gasteiger partial charge in [-0.3, -0.25) is 9.97 Å². The minimum atomic E-state index is 0.390. The summed E-state index contributed by atoms with van der Waals surface area (Å²) in [5, 5.41) is 3.62. The minimum absolute atomic E-state index is 0.390. The number of nitrogens with one attached hydrogen (secondary N) is 1. The Morgan fingerprint density at radius 1 is 1.20 bits per heavy atom. The summed E-state index contributed by atoms with van der Waals surface area (Å²) in [6, 6.07) is 0.390. The predicted molar refractivity (Wildman–Crippen MR) is 83.4 cm³/mol. The van der Waals surface area contributed by atoms with Gasteiger partial charge in [-0.15, -0.1) is 0 Å². The summed E-state index contributed by atoms with van der Waals surface area (Å²) >= 11 is 0. The van der Waals surface area contributed by atoms with Crippen molar-refractivity contribution >= 4 is 0 Å². The zero-order chi connectivity index (χ0) is 14.2. The van der Waals surface area contributed by atoms with Gasteiger partial charge in [0.15, 0.2) is 0 Å². The van der Waals surface area contributed by atoms with E-state index in [1.165, 1.54) is 44.9 Å². The average Bonchev–Trinajstić information content (AvgIpc) is 2.52. The molecule has 0 bridgehead atoms. The molecule has 1 aromatic rings. The van der Waals surface area contributed by atoms with Crippen LogP contribution in [0.15, 0.2) is 18.6 Å². The summed E-state index contributed by atoms with van der Waals surface area (Å²) in [5.41, 5.74) is 1.12. The minimum Gasteiger partial charge on any atom is -0.309 e. The maximum Gasteiger partial charge on any atom is 0.0758 e. The largest absolute Gasteiger partial charge is 0.309 e. The van der Waals surface area contributed by atoms with E-state index in [1.54, 1.807) is 6.20 Å². The Labute approximate surface area is 123 Å². The van der Waals surface area contributed by atoms with Gasteiger partial charge in [0.2, 0.25) is 0 Å². The van der Waals surface area contributed by atoms with Crippen molar-refractivity contribution in [3.8, 4) is 0 Å². The molecule has 2 rings (SSSR count). The van der Waals surface area contributed by atoms with Crippen LogP contribution in [0.5, 0.6) is 0 Å². The molecule has 1 aliphatic rings. The zero-order valence-corrected chi connectivity index (χ0v) is 13.0. The summed E-state index contributed by atoms with van der Waals surface area (Å²) in [7, 11) is 0. The lowest BCUT2D eigenvalue weighted by molar-refractivity contribution is 0.212. The molecule has 1 atom stereocenters. The van der Waals surface area contributed by atoms with Crippen molar-refractivity contribution in [2.75, 3.05) is 6.54 Å². The fourth-order valence-corrected chi connectivity index (χ4v) is 3.51. The number of hydrogen-bond acceptors (Lipinski definition) is 3. The summed E-state index contributed by atoms with van der Waals surface area (Å²) in [6.45, 7) is 5.47. The van der Waals surface area contributed by atoms with Crippen LogP contribution in [-0.2, 0) is 0 Å². The maximum absolute atomic E-state index is 4.52. The lowest BCUT2D eigenvalue weighted by atomic mass is 9.76. The number of aromatic nitrogens is 2. The van der Waals surface area contributed by atoms with E-state index in [0.29, 0.717) is 6.04 Å². The van der Waals surface area contributed by atoms with E-state index in [2.05, 4.69) is 29.1 Å². The van der Waals surface area contributed by atoms with E-state index < -0.39 is 0 Å². The second-order valence-corrected chi connectivity index (χ2v) is 6.09. The summed E-state index contributed by atoms with van der Waals surface area (Å²) in [4.78, 5) is 8.75. The predicted octanol–water partition coefficient (Wildman–Crippen LogP) is 4.12. The van der Waals surface area contributed by atoms with E-state index >= 15 is 0 Å². The Hall–Kier alpha value is -0.960. The lowest BCUT2D eigenvalue weighted by Gasteiger charge is -2.34. The first-order chi connectivity index (χ1) is 9.85. The molecule has 1 aliphatic carbocycles. The summed E-state index contributed by atoms with van der Waals surface area (Å²) < 4.78 is 0. The van der Waals surface area contributed by atoms with Gasteiger partial charge in [-0.05, 0) is 31.2 Å². The molecule has 0 aliphatic heterocycles. The van der Waals surface area contributed by atoms with Gasteiger partial charge in [0.1, 0.15) is 0 Å². The molecule has 1 fully saturated rings. The monoisotopic (exact) mass is 275 g/mol. The Morgan fingerprint density at radius 2 is 2.00 bits per heavy atom. The van der Waals surface area contributed by atoms with E-state index in [0.717, 1.165) is 24.1 Å². The highest BCUT2D eigenvalue weighted by atomic mass is 15.0. The fourth-order valence-electron chi connectivity index (χ4n) is 3.51. The smallest absolute Gasteiger partial charge is 0.0758 e. The fraction of sp³-hybridized carbons (Fsp3) is 0.765. The van der Waals surface area contributed by atoms with Crippen LogP contribution in [-0.4, -0.2) is 16.5 Å². The third-order valence-electron chi connectivity index (χ3n) is 4.65. The normalized spacial score (nSPS) is 24.5. The van der Waals surface area contributed by atoms with E-state index in [1.807, 2.05) is 12.4 Å². The molecule has 1 heterocycles. The number of nitrogens with zero attached hydrogens (tertiary/aromatic N) is 2. The highest BCUT2D eigenvalue weighted by Gasteiger charge is 2.28. The number of unbranched alkanes of at least 4 members (excludes halogenated alkanes) is 1. The second-order valence-electron chi connectivity index (χ2n) is 6.09. The van der Waals surface area contributed by atoms with Crippen molar-refractivity contribution in [2.45, 2.75) is 64.8 Å². The average molecular weight is 275 g/mol. The first-order valence-electron chi connectivity index (χ1n) is 8.34. The molecule has 1 saturated carbocycles. The van der Waals surface area contributed by atoms with Crippen LogP contribution in [0.2, 0.25) is 0 Å². The van der Waals surface area contributed by atoms with Gasteiger partial charge in [-0.25, -0.2) is 0 Å². The van der Waals surface area contributed by atoms with Crippen molar-refractivity contribution in [1.82, 2.24) is 15.3 Å². The Balaban J connectivity index is 1.92. The number of rotatable bonds is 7. The van der Waals surface area contributed by atoms with Crippen LogP contribution >= 0.6 is 0 Å². The van der Waals surface area contributed by atoms with Gasteiger partial charge in [-0.1, -0.05) is 46.0 Å². The lowest BCUT2D eigenvalue weighted by Crippen LogP contribution is -2.31. The van der Waals surface area contributed by atoms with E-state index in [4.69, 9.17) is 0 Å². The second kappa shape index (κ2) is 8.35. The molecule has 0 radical (unpaired) electrons. The van der Waals surface area contributed by atoms with Crippen LogP contribution < -0.4 is 5.32 Å². The topological polar surface area (TPSA) is 37.8 Å². The number of hydrogen-bond donors (Lipinski definition) is 1. The van der Waals surface area contributed by atoms with Gasteiger partial charge < -0.3 is 5.32 Å². The first kappa shape index (κ1) is 15.4. The highest BCUT2D eigenvalue weighted by molar-refractivity contribution is 5.05. The van der Waals surface area contributed by atoms with Crippen LogP contribution in [0.1, 0.15) is 70.5 Å². The first-order valence-corrected chi connectivity index (χ1v) is 8.34. The molecular weight excluding hydrogens is 246 g/mol. The van der Waals surface area contributed by atoms with Crippen LogP contribution in [0, 0.1) is 11.8 Å². The highest BCUT2D eigenvalue weighted by Crippen LogP contribution is 2.37. The molecule has 1 N–H and O–H groups in total. The van der Waals surface area contributed by atoms with Gasteiger partial charge in [-0.2, -0.15) is 0 Å². The standard InChI is InChI=1S/C17H29N3/c1-3-5-6-14-7-9-15(10-8-14)17(19-4-2)16-13-18-11-12-20-16/h11-15,17,19H,3-10H2,1-2H3. The Bertz CT molecular complexity index is 358. The molecule has 112 valence electrons. The quantitative estimate of drug-likeness (QED) is 0.813. The molecule has 0 saturated heterocycles. The van der Waals surface area contributed by atoms with Crippen molar-refractivity contribution in [1.29, 1.82) is 0 Å². The molecule has 1 unspecified atom stereocenters. The maximum atomic E-state index is 4.52. The van der Waals surface area contributed by atoms with Gasteiger partial charge >= 0.3 is 0 Å². The van der Waals surface area contributed by atoms with Crippen LogP contribution in [0.4, 0.5) is 0 Å². The van der Waals surface area contributed by atoms with Crippen molar-refractivity contribution < 1.29 is 0 Å². The Kier molecular flexibility index (Phi) is 6.44. The van der Waals surface area contributed by atoms with Crippen LogP contribution in [0.25, 0.3) is 0 Å². The third kappa shape index (κ3) is 4.27. The van der Waals surface area contributed by atoms with E-state index in [9.17, 15) is 0 Å². The zero-order valence-electron chi connectivity index (χ0n) is 13.0. The van der Waals surface area contributed by atoms with Gasteiger partial charge in [0.25, 0.3) is 0 Å². The van der Waals surface area contributed by atoms with Crippen LogP contribution in [0.3, 0.4) is 0 Å².